The Morgan fingerprint density at radius 1 is 1.50 bits per heavy atom. The van der Waals surface area contributed by atoms with Gasteiger partial charge in [0, 0.05) is 36.6 Å². The fourth-order valence-corrected chi connectivity index (χ4v) is 1.98. The molecule has 1 N–H and O–H groups in total. The maximum Gasteiger partial charge on any atom is 0.251 e. The van der Waals surface area contributed by atoms with Crippen LogP contribution in [0.25, 0.3) is 0 Å². The van der Waals surface area contributed by atoms with Crippen LogP contribution in [0.4, 0.5) is 0 Å². The van der Waals surface area contributed by atoms with Crippen molar-refractivity contribution in [2.24, 2.45) is 7.05 Å². The van der Waals surface area contributed by atoms with Crippen LogP contribution in [0.3, 0.4) is 0 Å². The summed E-state index contributed by atoms with van der Waals surface area (Å²) in [5, 5.41) is 15.9. The predicted octanol–water partition coefficient (Wildman–Crippen LogP) is 1.23. The van der Waals surface area contributed by atoms with Gasteiger partial charge in [-0.1, -0.05) is 0 Å². The minimum Gasteiger partial charge on any atom is -0.348 e. The highest BCUT2D eigenvalue weighted by Crippen LogP contribution is 2.11. The van der Waals surface area contributed by atoms with Gasteiger partial charge in [0.05, 0.1) is 5.69 Å². The van der Waals surface area contributed by atoms with Crippen molar-refractivity contribution in [2.45, 2.75) is 20.4 Å². The fraction of sp³-hybridized carbons (Fsp3) is 0.286. The zero-order valence-corrected chi connectivity index (χ0v) is 11.6. The highest BCUT2D eigenvalue weighted by atomic mass is 16.1. The zero-order valence-electron chi connectivity index (χ0n) is 11.6. The van der Waals surface area contributed by atoms with E-state index in [1.54, 1.807) is 10.7 Å². The second kappa shape index (κ2) is 5.53. The third-order valence-corrected chi connectivity index (χ3v) is 3.22. The Morgan fingerprint density at radius 3 is 2.85 bits per heavy atom. The number of carbonyl (C=O) groups is 1. The Bertz CT molecular complexity index is 696. The molecule has 0 atom stereocenters. The highest BCUT2D eigenvalue weighted by molar-refractivity contribution is 5.94. The molecular weight excluding hydrogens is 254 g/mol. The topological polar surface area (TPSA) is 83.6 Å². The van der Waals surface area contributed by atoms with Crippen molar-refractivity contribution in [3.05, 3.63) is 46.5 Å². The molecule has 102 valence electrons. The summed E-state index contributed by atoms with van der Waals surface area (Å²) in [7, 11) is 1.87. The summed E-state index contributed by atoms with van der Waals surface area (Å²) in [6.45, 7) is 4.28. The van der Waals surface area contributed by atoms with E-state index in [2.05, 4.69) is 15.4 Å². The molecule has 2 aromatic rings. The van der Waals surface area contributed by atoms with Gasteiger partial charge >= 0.3 is 0 Å². The van der Waals surface area contributed by atoms with Gasteiger partial charge in [0.2, 0.25) is 0 Å². The number of hydrogen-bond acceptors (Lipinski definition) is 4. The first-order valence-corrected chi connectivity index (χ1v) is 6.16. The van der Waals surface area contributed by atoms with Gasteiger partial charge in [0.15, 0.2) is 0 Å². The van der Waals surface area contributed by atoms with Crippen LogP contribution in [-0.2, 0) is 13.6 Å². The van der Waals surface area contributed by atoms with Crippen LogP contribution < -0.4 is 5.32 Å². The normalized spacial score (nSPS) is 10.1. The molecule has 6 heteroatoms. The summed E-state index contributed by atoms with van der Waals surface area (Å²) in [6.07, 6.45) is 1.45. The Kier molecular flexibility index (Phi) is 3.80. The number of nitriles is 1. The first kappa shape index (κ1) is 13.7. The average molecular weight is 269 g/mol. The first-order chi connectivity index (χ1) is 9.52. The van der Waals surface area contributed by atoms with E-state index in [-0.39, 0.29) is 11.6 Å². The van der Waals surface area contributed by atoms with E-state index in [1.165, 1.54) is 12.3 Å². The van der Waals surface area contributed by atoms with Gasteiger partial charge in [-0.15, -0.1) is 0 Å². The van der Waals surface area contributed by atoms with E-state index in [4.69, 9.17) is 5.26 Å². The molecule has 2 rings (SSSR count). The first-order valence-electron chi connectivity index (χ1n) is 6.16. The fourth-order valence-electron chi connectivity index (χ4n) is 1.98. The highest BCUT2D eigenvalue weighted by Gasteiger charge is 2.12. The van der Waals surface area contributed by atoms with E-state index in [9.17, 15) is 4.79 Å². The van der Waals surface area contributed by atoms with Crippen molar-refractivity contribution >= 4 is 5.91 Å². The summed E-state index contributed by atoms with van der Waals surface area (Å²) < 4.78 is 1.79. The summed E-state index contributed by atoms with van der Waals surface area (Å²) in [5.74, 6) is -0.230. The van der Waals surface area contributed by atoms with E-state index in [0.717, 1.165) is 17.0 Å². The molecular formula is C14H15N5O. The molecule has 0 aliphatic rings. The molecule has 1 amide bonds. The van der Waals surface area contributed by atoms with Gasteiger partial charge in [0.1, 0.15) is 11.8 Å². The number of aryl methyl sites for hydroxylation is 2. The lowest BCUT2D eigenvalue weighted by molar-refractivity contribution is 0.0950. The summed E-state index contributed by atoms with van der Waals surface area (Å²) in [5.41, 5.74) is 3.59. The lowest BCUT2D eigenvalue weighted by Gasteiger charge is -2.06. The molecule has 20 heavy (non-hydrogen) atoms. The van der Waals surface area contributed by atoms with E-state index >= 15 is 0 Å². The maximum atomic E-state index is 12.0. The largest absolute Gasteiger partial charge is 0.348 e. The second-order valence-corrected chi connectivity index (χ2v) is 4.50. The van der Waals surface area contributed by atoms with Crippen molar-refractivity contribution in [3.63, 3.8) is 0 Å². The number of carbonyl (C=O) groups excluding carboxylic acids is 1. The van der Waals surface area contributed by atoms with Gasteiger partial charge < -0.3 is 5.32 Å². The minimum absolute atomic E-state index is 0.228. The predicted molar refractivity (Wildman–Crippen MR) is 72.8 cm³/mol. The third kappa shape index (κ3) is 2.67. The molecule has 0 bridgehead atoms. The SMILES string of the molecule is Cc1nn(C)c(C)c1CNC(=O)c1ccnc(C#N)c1. The number of nitrogens with zero attached hydrogens (tertiary/aromatic N) is 4. The van der Waals surface area contributed by atoms with Crippen molar-refractivity contribution in [1.82, 2.24) is 20.1 Å². The molecule has 0 unspecified atom stereocenters. The summed E-state index contributed by atoms with van der Waals surface area (Å²) >= 11 is 0. The molecule has 0 spiro atoms. The Balaban J connectivity index is 2.11. The minimum atomic E-state index is -0.230. The number of hydrogen-bond donors (Lipinski definition) is 1. The van der Waals surface area contributed by atoms with Crippen LogP contribution in [0, 0.1) is 25.2 Å². The molecule has 6 nitrogen and oxygen atoms in total. The van der Waals surface area contributed by atoms with Gasteiger partial charge in [-0.05, 0) is 26.0 Å². The van der Waals surface area contributed by atoms with E-state index < -0.39 is 0 Å². The molecule has 2 aromatic heterocycles. The number of aromatic nitrogens is 3. The Morgan fingerprint density at radius 2 is 2.25 bits per heavy atom. The third-order valence-electron chi connectivity index (χ3n) is 3.22. The summed E-state index contributed by atoms with van der Waals surface area (Å²) in [6, 6.07) is 4.97. The lowest BCUT2D eigenvalue weighted by Crippen LogP contribution is -2.23. The number of pyridine rings is 1. The molecule has 0 aliphatic carbocycles. The van der Waals surface area contributed by atoms with Gasteiger partial charge in [-0.2, -0.15) is 10.4 Å². The second-order valence-electron chi connectivity index (χ2n) is 4.50. The number of nitrogens with one attached hydrogen (secondary N) is 1. The lowest BCUT2D eigenvalue weighted by atomic mass is 10.2. The van der Waals surface area contributed by atoms with Gasteiger partial charge in [-0.25, -0.2) is 4.98 Å². The van der Waals surface area contributed by atoms with Crippen LogP contribution in [0.15, 0.2) is 18.3 Å². The van der Waals surface area contributed by atoms with E-state index in [1.807, 2.05) is 27.0 Å². The number of rotatable bonds is 3. The Labute approximate surface area is 117 Å². The van der Waals surface area contributed by atoms with Gasteiger partial charge in [-0.3, -0.25) is 9.48 Å². The smallest absolute Gasteiger partial charge is 0.251 e. The molecule has 0 radical (unpaired) electrons. The van der Waals surface area contributed by atoms with Crippen LogP contribution in [0.5, 0.6) is 0 Å². The van der Waals surface area contributed by atoms with Gasteiger partial charge in [0.25, 0.3) is 5.91 Å². The average Bonchev–Trinajstić information content (AvgIpc) is 2.70. The van der Waals surface area contributed by atoms with Crippen LogP contribution >= 0.6 is 0 Å². The van der Waals surface area contributed by atoms with E-state index in [0.29, 0.717) is 12.1 Å². The standard InChI is InChI=1S/C14H15N5O/c1-9-13(10(2)19(3)18-9)8-17-14(20)11-4-5-16-12(6-11)7-15/h4-6H,8H2,1-3H3,(H,17,20). The van der Waals surface area contributed by atoms with Crippen molar-refractivity contribution in [3.8, 4) is 6.07 Å². The number of amides is 1. The molecule has 0 fully saturated rings. The van der Waals surface area contributed by atoms with Crippen molar-refractivity contribution < 1.29 is 4.79 Å². The van der Waals surface area contributed by atoms with Crippen LogP contribution in [0.1, 0.15) is 33.0 Å². The van der Waals surface area contributed by atoms with Crippen LogP contribution in [-0.4, -0.2) is 20.7 Å². The summed E-state index contributed by atoms with van der Waals surface area (Å²) in [4.78, 5) is 15.9. The molecule has 0 saturated carbocycles. The molecule has 0 aromatic carbocycles. The maximum absolute atomic E-state index is 12.0. The monoisotopic (exact) mass is 269 g/mol. The zero-order chi connectivity index (χ0) is 14.7. The molecule has 2 heterocycles. The van der Waals surface area contributed by atoms with Crippen molar-refractivity contribution in [1.29, 1.82) is 5.26 Å². The Hall–Kier alpha value is -2.68. The van der Waals surface area contributed by atoms with Crippen LogP contribution in [0.2, 0.25) is 0 Å². The van der Waals surface area contributed by atoms with Crippen molar-refractivity contribution in [2.75, 3.05) is 0 Å². The molecule has 0 saturated heterocycles. The quantitative estimate of drug-likeness (QED) is 0.908. The molecule has 0 aliphatic heterocycles.